The summed E-state index contributed by atoms with van der Waals surface area (Å²) >= 11 is 3.32. The molecule has 1 aromatic rings. The summed E-state index contributed by atoms with van der Waals surface area (Å²) < 4.78 is 5.18. The van der Waals surface area contributed by atoms with Crippen molar-refractivity contribution in [3.63, 3.8) is 0 Å². The third-order valence-electron chi connectivity index (χ3n) is 2.16. The predicted molar refractivity (Wildman–Crippen MR) is 64.8 cm³/mol. The fraction of sp³-hybridized carbons (Fsp3) is 0.273. The number of hydrogen-bond acceptors (Lipinski definition) is 3. The molecule has 0 unspecified atom stereocenters. The van der Waals surface area contributed by atoms with Crippen molar-refractivity contribution in [3.8, 4) is 0 Å². The number of aliphatic carboxylic acids is 1. The molecular formula is C11H12BrNO4. The standard InChI is InChI=1S/C11H12BrNO4/c1-17-11(16)13-9(10(14)15)6-7-4-2-3-5-8(7)12/h2-5,9H,6H2,1H3,(H,13,16)(H,14,15)/t9-/m1/s1. The summed E-state index contributed by atoms with van der Waals surface area (Å²) in [4.78, 5) is 22.0. The van der Waals surface area contributed by atoms with Crippen molar-refractivity contribution in [1.29, 1.82) is 0 Å². The SMILES string of the molecule is COC(=O)N[C@H](Cc1ccccc1Br)C(=O)O. The Kier molecular flexibility index (Phi) is 4.96. The fourth-order valence-electron chi connectivity index (χ4n) is 1.29. The molecule has 0 aromatic heterocycles. The van der Waals surface area contributed by atoms with Gasteiger partial charge in [-0.1, -0.05) is 34.1 Å². The van der Waals surface area contributed by atoms with Crippen LogP contribution in [-0.2, 0) is 16.0 Å². The zero-order valence-electron chi connectivity index (χ0n) is 9.14. The minimum atomic E-state index is -1.11. The number of methoxy groups -OCH3 is 1. The van der Waals surface area contributed by atoms with E-state index in [0.717, 1.165) is 10.0 Å². The zero-order valence-corrected chi connectivity index (χ0v) is 10.7. The van der Waals surface area contributed by atoms with Gasteiger partial charge < -0.3 is 15.2 Å². The number of halogens is 1. The quantitative estimate of drug-likeness (QED) is 0.889. The number of carboxylic acid groups (broad SMARTS) is 1. The molecule has 1 rings (SSSR count). The number of ether oxygens (including phenoxy) is 1. The summed E-state index contributed by atoms with van der Waals surface area (Å²) in [6.45, 7) is 0. The molecule has 17 heavy (non-hydrogen) atoms. The molecule has 0 fully saturated rings. The molecule has 0 aliphatic rings. The maximum absolute atomic E-state index is 11.0. The van der Waals surface area contributed by atoms with Gasteiger partial charge >= 0.3 is 12.1 Å². The molecule has 0 radical (unpaired) electrons. The fourth-order valence-corrected chi connectivity index (χ4v) is 1.73. The third kappa shape index (κ3) is 4.07. The molecule has 92 valence electrons. The van der Waals surface area contributed by atoms with Gasteiger partial charge in [-0.3, -0.25) is 0 Å². The minimum absolute atomic E-state index is 0.186. The first kappa shape index (κ1) is 13.5. The van der Waals surface area contributed by atoms with Gasteiger partial charge in [0, 0.05) is 10.9 Å². The molecule has 0 spiro atoms. The Labute approximate surface area is 107 Å². The second-order valence-electron chi connectivity index (χ2n) is 3.32. The summed E-state index contributed by atoms with van der Waals surface area (Å²) in [5, 5.41) is 11.2. The summed E-state index contributed by atoms with van der Waals surface area (Å²) in [6, 6.07) is 6.22. The monoisotopic (exact) mass is 301 g/mol. The second kappa shape index (κ2) is 6.24. The molecule has 1 atom stereocenters. The highest BCUT2D eigenvalue weighted by Gasteiger charge is 2.21. The molecule has 6 heteroatoms. The van der Waals surface area contributed by atoms with E-state index < -0.39 is 18.1 Å². The van der Waals surface area contributed by atoms with Gasteiger partial charge in [-0.25, -0.2) is 9.59 Å². The van der Waals surface area contributed by atoms with Gasteiger partial charge in [-0.15, -0.1) is 0 Å². The molecule has 1 amide bonds. The van der Waals surface area contributed by atoms with Crippen LogP contribution in [0.1, 0.15) is 5.56 Å². The van der Waals surface area contributed by atoms with E-state index in [9.17, 15) is 9.59 Å². The lowest BCUT2D eigenvalue weighted by Crippen LogP contribution is -2.42. The Hall–Kier alpha value is -1.56. The van der Waals surface area contributed by atoms with Crippen molar-refractivity contribution >= 4 is 28.0 Å². The van der Waals surface area contributed by atoms with E-state index in [1.807, 2.05) is 12.1 Å². The van der Waals surface area contributed by atoms with Crippen molar-refractivity contribution in [2.75, 3.05) is 7.11 Å². The number of carbonyl (C=O) groups excluding carboxylic acids is 1. The van der Waals surface area contributed by atoms with Crippen LogP contribution in [0.15, 0.2) is 28.7 Å². The predicted octanol–water partition coefficient (Wildman–Crippen LogP) is 1.80. The van der Waals surface area contributed by atoms with Crippen molar-refractivity contribution in [2.45, 2.75) is 12.5 Å². The van der Waals surface area contributed by atoms with Gasteiger partial charge in [0.15, 0.2) is 0 Å². The van der Waals surface area contributed by atoms with Gasteiger partial charge in [0.25, 0.3) is 0 Å². The van der Waals surface area contributed by atoms with Crippen LogP contribution in [0.5, 0.6) is 0 Å². The number of amides is 1. The van der Waals surface area contributed by atoms with Crippen molar-refractivity contribution in [2.24, 2.45) is 0 Å². The van der Waals surface area contributed by atoms with Crippen LogP contribution in [0, 0.1) is 0 Å². The van der Waals surface area contributed by atoms with Crippen LogP contribution in [0.2, 0.25) is 0 Å². The first-order chi connectivity index (χ1) is 8.04. The van der Waals surface area contributed by atoms with Crippen LogP contribution in [0.4, 0.5) is 4.79 Å². The number of hydrogen-bond donors (Lipinski definition) is 2. The zero-order chi connectivity index (χ0) is 12.8. The van der Waals surface area contributed by atoms with Crippen molar-refractivity contribution < 1.29 is 19.4 Å². The molecule has 0 saturated heterocycles. The summed E-state index contributed by atoms with van der Waals surface area (Å²) in [5.41, 5.74) is 0.802. The van der Waals surface area contributed by atoms with E-state index in [1.165, 1.54) is 7.11 Å². The van der Waals surface area contributed by atoms with Crippen molar-refractivity contribution in [3.05, 3.63) is 34.3 Å². The average molecular weight is 302 g/mol. The van der Waals surface area contributed by atoms with Gasteiger partial charge in [0.05, 0.1) is 7.11 Å². The Morgan fingerprint density at radius 3 is 2.65 bits per heavy atom. The molecule has 0 heterocycles. The van der Waals surface area contributed by atoms with Crippen LogP contribution < -0.4 is 5.32 Å². The van der Waals surface area contributed by atoms with Crippen LogP contribution in [0.3, 0.4) is 0 Å². The van der Waals surface area contributed by atoms with Gasteiger partial charge in [0.1, 0.15) is 6.04 Å². The molecule has 0 bridgehead atoms. The van der Waals surface area contributed by atoms with E-state index in [-0.39, 0.29) is 6.42 Å². The van der Waals surface area contributed by atoms with Crippen LogP contribution in [0.25, 0.3) is 0 Å². The lowest BCUT2D eigenvalue weighted by molar-refractivity contribution is -0.139. The Balaban J connectivity index is 2.77. The lowest BCUT2D eigenvalue weighted by Gasteiger charge is -2.14. The molecule has 1 aromatic carbocycles. The number of carbonyl (C=O) groups is 2. The van der Waals surface area contributed by atoms with Crippen LogP contribution >= 0.6 is 15.9 Å². The lowest BCUT2D eigenvalue weighted by atomic mass is 10.1. The smallest absolute Gasteiger partial charge is 0.407 e. The number of rotatable bonds is 4. The highest BCUT2D eigenvalue weighted by molar-refractivity contribution is 9.10. The summed E-state index contributed by atoms with van der Waals surface area (Å²) in [7, 11) is 1.19. The maximum atomic E-state index is 11.0. The summed E-state index contributed by atoms with van der Waals surface area (Å²) in [5.74, 6) is -1.11. The second-order valence-corrected chi connectivity index (χ2v) is 4.18. The van der Waals surface area contributed by atoms with E-state index >= 15 is 0 Å². The Morgan fingerprint density at radius 2 is 2.12 bits per heavy atom. The number of carboxylic acids is 1. The molecule has 5 nitrogen and oxygen atoms in total. The largest absolute Gasteiger partial charge is 0.480 e. The van der Waals surface area contributed by atoms with Crippen molar-refractivity contribution in [1.82, 2.24) is 5.32 Å². The van der Waals surface area contributed by atoms with Gasteiger partial charge in [0.2, 0.25) is 0 Å². The molecular weight excluding hydrogens is 290 g/mol. The van der Waals surface area contributed by atoms with E-state index in [0.29, 0.717) is 0 Å². The first-order valence-electron chi connectivity index (χ1n) is 4.85. The van der Waals surface area contributed by atoms with Gasteiger partial charge in [-0.2, -0.15) is 0 Å². The minimum Gasteiger partial charge on any atom is -0.480 e. The van der Waals surface area contributed by atoms with E-state index in [1.54, 1.807) is 12.1 Å². The molecule has 0 aliphatic carbocycles. The average Bonchev–Trinajstić information content (AvgIpc) is 2.30. The number of nitrogens with one attached hydrogen (secondary N) is 1. The maximum Gasteiger partial charge on any atom is 0.407 e. The first-order valence-corrected chi connectivity index (χ1v) is 5.64. The summed E-state index contributed by atoms with van der Waals surface area (Å²) in [6.07, 6.45) is -0.573. The van der Waals surface area contributed by atoms with E-state index in [4.69, 9.17) is 5.11 Å². The normalized spacial score (nSPS) is 11.6. The topological polar surface area (TPSA) is 75.6 Å². The number of benzene rings is 1. The Bertz CT molecular complexity index is 422. The third-order valence-corrected chi connectivity index (χ3v) is 2.93. The highest BCUT2D eigenvalue weighted by atomic mass is 79.9. The molecule has 2 N–H and O–H groups in total. The van der Waals surface area contributed by atoms with Crippen LogP contribution in [-0.4, -0.2) is 30.3 Å². The van der Waals surface area contributed by atoms with Gasteiger partial charge in [-0.05, 0) is 11.6 Å². The number of alkyl carbamates (subject to hydrolysis) is 1. The molecule has 0 saturated carbocycles. The molecule has 0 aliphatic heterocycles. The Morgan fingerprint density at radius 1 is 1.47 bits per heavy atom. The van der Waals surface area contributed by atoms with E-state index in [2.05, 4.69) is 26.0 Å². The highest BCUT2D eigenvalue weighted by Crippen LogP contribution is 2.17.